The second-order valence-corrected chi connectivity index (χ2v) is 4.16. The minimum Gasteiger partial charge on any atom is -0.392 e. The third-order valence-corrected chi connectivity index (χ3v) is 3.11. The van der Waals surface area contributed by atoms with Crippen molar-refractivity contribution in [3.05, 3.63) is 30.1 Å². The van der Waals surface area contributed by atoms with Crippen molar-refractivity contribution in [3.63, 3.8) is 0 Å². The molecule has 1 N–H and O–H groups in total. The summed E-state index contributed by atoms with van der Waals surface area (Å²) in [5.74, 6) is 0.347. The number of nitrogens with zero attached hydrogens (tertiary/aromatic N) is 1. The predicted octanol–water partition coefficient (Wildman–Crippen LogP) is 1.58. The molecule has 2 heterocycles. The molecular formula is C12H17NO2. The van der Waals surface area contributed by atoms with Gasteiger partial charge in [-0.2, -0.15) is 0 Å². The number of aliphatic hydroxyl groups is 1. The van der Waals surface area contributed by atoms with Gasteiger partial charge in [0.2, 0.25) is 0 Å². The van der Waals surface area contributed by atoms with Gasteiger partial charge >= 0.3 is 0 Å². The van der Waals surface area contributed by atoms with Crippen molar-refractivity contribution < 1.29 is 9.84 Å². The predicted molar refractivity (Wildman–Crippen MR) is 57.6 cm³/mol. The summed E-state index contributed by atoms with van der Waals surface area (Å²) in [6.45, 7) is 3.47. The first-order chi connectivity index (χ1) is 7.29. The molecule has 1 fully saturated rings. The molecule has 3 atom stereocenters. The Kier molecular flexibility index (Phi) is 3.34. The molecule has 1 saturated heterocycles. The summed E-state index contributed by atoms with van der Waals surface area (Å²) < 4.78 is 5.28. The average Bonchev–Trinajstić information content (AvgIpc) is 2.82. The highest BCUT2D eigenvalue weighted by Gasteiger charge is 2.29. The molecule has 3 heteroatoms. The molecule has 82 valence electrons. The van der Waals surface area contributed by atoms with Crippen LogP contribution in [0.15, 0.2) is 24.4 Å². The maximum absolute atomic E-state index is 10.2. The van der Waals surface area contributed by atoms with Gasteiger partial charge in [-0.1, -0.05) is 13.0 Å². The second kappa shape index (κ2) is 4.73. The van der Waals surface area contributed by atoms with Crippen molar-refractivity contribution in [3.8, 4) is 0 Å². The monoisotopic (exact) mass is 207 g/mol. The van der Waals surface area contributed by atoms with Gasteiger partial charge in [0.05, 0.1) is 12.7 Å². The molecule has 0 aliphatic carbocycles. The Labute approximate surface area is 90.1 Å². The molecule has 0 spiro atoms. The summed E-state index contributed by atoms with van der Waals surface area (Å²) in [6, 6.07) is 5.81. The molecule has 0 radical (unpaired) electrons. The minimum atomic E-state index is -0.345. The molecule has 15 heavy (non-hydrogen) atoms. The van der Waals surface area contributed by atoms with Gasteiger partial charge in [0.25, 0.3) is 0 Å². The fourth-order valence-electron chi connectivity index (χ4n) is 2.05. The van der Waals surface area contributed by atoms with Crippen LogP contribution in [0.1, 0.15) is 25.0 Å². The number of ether oxygens (including phenoxy) is 1. The van der Waals surface area contributed by atoms with Crippen LogP contribution < -0.4 is 0 Å². The highest BCUT2D eigenvalue weighted by molar-refractivity contribution is 5.10. The van der Waals surface area contributed by atoms with E-state index < -0.39 is 0 Å². The van der Waals surface area contributed by atoms with Crippen LogP contribution in [0.25, 0.3) is 0 Å². The van der Waals surface area contributed by atoms with Crippen LogP contribution in [0.4, 0.5) is 0 Å². The van der Waals surface area contributed by atoms with Crippen molar-refractivity contribution in [2.45, 2.75) is 25.4 Å². The van der Waals surface area contributed by atoms with Gasteiger partial charge in [0, 0.05) is 30.3 Å². The van der Waals surface area contributed by atoms with Crippen LogP contribution in [0.5, 0.6) is 0 Å². The molecule has 3 nitrogen and oxygen atoms in total. The summed E-state index contributed by atoms with van der Waals surface area (Å²) in [6.07, 6.45) is 2.38. The van der Waals surface area contributed by atoms with Gasteiger partial charge in [0.1, 0.15) is 0 Å². The summed E-state index contributed by atoms with van der Waals surface area (Å²) in [4.78, 5) is 4.27. The Morgan fingerprint density at radius 3 is 3.00 bits per heavy atom. The first kappa shape index (κ1) is 10.6. The fraction of sp³-hybridized carbons (Fsp3) is 0.583. The fourth-order valence-corrected chi connectivity index (χ4v) is 2.05. The number of hydrogen-bond acceptors (Lipinski definition) is 3. The molecular weight excluding hydrogens is 190 g/mol. The van der Waals surface area contributed by atoms with Crippen LogP contribution in [0.2, 0.25) is 0 Å². The highest BCUT2D eigenvalue weighted by atomic mass is 16.5. The van der Waals surface area contributed by atoms with Gasteiger partial charge in [-0.3, -0.25) is 4.98 Å². The number of aromatic nitrogens is 1. The molecule has 1 aromatic rings. The lowest BCUT2D eigenvalue weighted by Crippen LogP contribution is -2.26. The van der Waals surface area contributed by atoms with Gasteiger partial charge in [-0.05, 0) is 18.6 Å². The quantitative estimate of drug-likeness (QED) is 0.818. The van der Waals surface area contributed by atoms with E-state index in [1.54, 1.807) is 6.20 Å². The van der Waals surface area contributed by atoms with Crippen molar-refractivity contribution >= 4 is 0 Å². The largest absolute Gasteiger partial charge is 0.392 e. The lowest BCUT2D eigenvalue weighted by molar-refractivity contribution is 0.0726. The first-order valence-corrected chi connectivity index (χ1v) is 5.46. The molecule has 2 rings (SSSR count). The lowest BCUT2D eigenvalue weighted by Gasteiger charge is -2.22. The van der Waals surface area contributed by atoms with E-state index in [9.17, 15) is 5.11 Å². The standard InChI is InChI=1S/C12H17NO2/c1-9(11-4-2-3-6-13-11)12(14)10-5-7-15-8-10/h2-4,6,9-10,12,14H,5,7-8H2,1H3. The van der Waals surface area contributed by atoms with E-state index in [1.807, 2.05) is 25.1 Å². The summed E-state index contributed by atoms with van der Waals surface area (Å²) in [5.41, 5.74) is 0.955. The maximum atomic E-state index is 10.2. The second-order valence-electron chi connectivity index (χ2n) is 4.16. The zero-order chi connectivity index (χ0) is 10.7. The molecule has 0 saturated carbocycles. The number of pyridine rings is 1. The average molecular weight is 207 g/mol. The van der Waals surface area contributed by atoms with E-state index in [-0.39, 0.29) is 17.9 Å². The summed E-state index contributed by atoms with van der Waals surface area (Å²) in [7, 11) is 0. The number of hydrogen-bond donors (Lipinski definition) is 1. The van der Waals surface area contributed by atoms with Gasteiger partial charge in [-0.15, -0.1) is 0 Å². The smallest absolute Gasteiger partial charge is 0.0672 e. The molecule has 1 aliphatic rings. The normalized spacial score (nSPS) is 25.1. The molecule has 0 bridgehead atoms. The van der Waals surface area contributed by atoms with Crippen molar-refractivity contribution in [1.82, 2.24) is 4.98 Å². The van der Waals surface area contributed by atoms with Crippen LogP contribution in [0.3, 0.4) is 0 Å². The Morgan fingerprint density at radius 1 is 1.53 bits per heavy atom. The SMILES string of the molecule is CC(c1ccccn1)C(O)C1CCOC1. The summed E-state index contributed by atoms with van der Waals surface area (Å²) in [5, 5.41) is 10.2. The first-order valence-electron chi connectivity index (χ1n) is 5.46. The number of rotatable bonds is 3. The lowest BCUT2D eigenvalue weighted by atomic mass is 9.89. The molecule has 3 unspecified atom stereocenters. The molecule has 1 aromatic heterocycles. The van der Waals surface area contributed by atoms with Gasteiger partial charge in [-0.25, -0.2) is 0 Å². The number of aliphatic hydroxyl groups excluding tert-OH is 1. The van der Waals surface area contributed by atoms with Crippen LogP contribution in [0, 0.1) is 5.92 Å². The zero-order valence-electron chi connectivity index (χ0n) is 8.97. The topological polar surface area (TPSA) is 42.4 Å². The van der Waals surface area contributed by atoms with Crippen molar-refractivity contribution in [2.24, 2.45) is 5.92 Å². The van der Waals surface area contributed by atoms with E-state index in [1.165, 1.54) is 0 Å². The Hall–Kier alpha value is -0.930. The Morgan fingerprint density at radius 2 is 2.40 bits per heavy atom. The van der Waals surface area contributed by atoms with Crippen molar-refractivity contribution in [1.29, 1.82) is 0 Å². The van der Waals surface area contributed by atoms with Crippen molar-refractivity contribution in [2.75, 3.05) is 13.2 Å². The van der Waals surface area contributed by atoms with Crippen LogP contribution in [-0.2, 0) is 4.74 Å². The van der Waals surface area contributed by atoms with Gasteiger partial charge < -0.3 is 9.84 Å². The summed E-state index contributed by atoms with van der Waals surface area (Å²) >= 11 is 0. The molecule has 0 aromatic carbocycles. The third-order valence-electron chi connectivity index (χ3n) is 3.11. The van der Waals surface area contributed by atoms with Crippen LogP contribution in [-0.4, -0.2) is 29.4 Å². The van der Waals surface area contributed by atoms with E-state index in [2.05, 4.69) is 4.98 Å². The Balaban J connectivity index is 2.03. The molecule has 1 aliphatic heterocycles. The maximum Gasteiger partial charge on any atom is 0.0672 e. The van der Waals surface area contributed by atoms with Crippen LogP contribution >= 0.6 is 0 Å². The highest BCUT2D eigenvalue weighted by Crippen LogP contribution is 2.27. The molecule has 0 amide bonds. The Bertz CT molecular complexity index is 296. The minimum absolute atomic E-state index is 0.0814. The van der Waals surface area contributed by atoms with Gasteiger partial charge in [0.15, 0.2) is 0 Å². The van der Waals surface area contributed by atoms with E-state index >= 15 is 0 Å². The third kappa shape index (κ3) is 2.36. The zero-order valence-corrected chi connectivity index (χ0v) is 8.97. The van der Waals surface area contributed by atoms with E-state index in [0.29, 0.717) is 6.61 Å². The van der Waals surface area contributed by atoms with E-state index in [0.717, 1.165) is 18.7 Å². The van der Waals surface area contributed by atoms with E-state index in [4.69, 9.17) is 4.74 Å².